The second-order valence-electron chi connectivity index (χ2n) is 6.93. The highest BCUT2D eigenvalue weighted by molar-refractivity contribution is 6.81. The fourth-order valence-electron chi connectivity index (χ4n) is 2.61. The van der Waals surface area contributed by atoms with Gasteiger partial charge in [-0.3, -0.25) is 9.59 Å². The molecule has 1 fully saturated rings. The number of rotatable bonds is 5. The minimum Gasteiger partial charge on any atom is -0.465 e. The summed E-state index contributed by atoms with van der Waals surface area (Å²) in [6.45, 7) is 11.3. The van der Waals surface area contributed by atoms with Gasteiger partial charge in [0.15, 0.2) is 0 Å². The van der Waals surface area contributed by atoms with Gasteiger partial charge in [-0.15, -0.1) is 0 Å². The van der Waals surface area contributed by atoms with E-state index in [1.807, 2.05) is 0 Å². The minimum absolute atomic E-state index is 0.173. The highest BCUT2D eigenvalue weighted by Crippen LogP contribution is 2.34. The van der Waals surface area contributed by atoms with Crippen LogP contribution >= 0.6 is 0 Å². The second kappa shape index (κ2) is 7.20. The van der Waals surface area contributed by atoms with Crippen LogP contribution < -0.4 is 0 Å². The minimum atomic E-state index is -1.42. The van der Waals surface area contributed by atoms with Crippen molar-refractivity contribution in [2.24, 2.45) is 11.8 Å². The van der Waals surface area contributed by atoms with Gasteiger partial charge in [-0.2, -0.15) is 0 Å². The Morgan fingerprint density at radius 1 is 1.35 bits per heavy atom. The molecule has 0 spiro atoms. The third-order valence-corrected chi connectivity index (χ3v) is 4.76. The van der Waals surface area contributed by atoms with Crippen molar-refractivity contribution in [2.45, 2.75) is 59.2 Å². The van der Waals surface area contributed by atoms with Gasteiger partial charge >= 0.3 is 5.97 Å². The van der Waals surface area contributed by atoms with Crippen molar-refractivity contribution >= 4 is 19.8 Å². The molecule has 0 amide bonds. The van der Waals surface area contributed by atoms with Crippen molar-refractivity contribution in [1.82, 2.24) is 0 Å². The van der Waals surface area contributed by atoms with E-state index in [9.17, 15) is 9.59 Å². The van der Waals surface area contributed by atoms with E-state index in [-0.39, 0.29) is 23.6 Å². The van der Waals surface area contributed by atoms with Crippen molar-refractivity contribution in [3.63, 3.8) is 0 Å². The molecule has 114 valence electrons. The Labute approximate surface area is 123 Å². The molecule has 1 aliphatic carbocycles. The van der Waals surface area contributed by atoms with Gasteiger partial charge in [-0.05, 0) is 12.3 Å². The van der Waals surface area contributed by atoms with Gasteiger partial charge in [-0.25, -0.2) is 0 Å². The molecule has 0 unspecified atom stereocenters. The standard InChI is InChI=1S/C16H28O3Si/c1-6-7-8-19-16(18)14-10-13(17)9-12(2)15(14)11-20(3,4)5/h11-12,14H,6-10H2,1-5H3/b15-11+/t12-,14-/m1/s1. The Morgan fingerprint density at radius 3 is 2.55 bits per heavy atom. The summed E-state index contributed by atoms with van der Waals surface area (Å²) in [5.74, 6) is -0.188. The van der Waals surface area contributed by atoms with Crippen molar-refractivity contribution in [3.05, 3.63) is 11.3 Å². The number of Topliss-reactive ketones (excluding diaryl/α,β-unsaturated/α-hetero) is 1. The second-order valence-corrected chi connectivity index (χ2v) is 12.0. The SMILES string of the molecule is CCCCOC(=O)[C@@H]1CC(=O)C[C@@H](C)/C1=C\[Si](C)(C)C. The van der Waals surface area contributed by atoms with Gasteiger partial charge in [0.2, 0.25) is 0 Å². The molecule has 0 heterocycles. The van der Waals surface area contributed by atoms with Gasteiger partial charge in [0.25, 0.3) is 0 Å². The lowest BCUT2D eigenvalue weighted by Gasteiger charge is -2.30. The number of carbonyl (C=O) groups excluding carboxylic acids is 2. The van der Waals surface area contributed by atoms with Crippen molar-refractivity contribution in [1.29, 1.82) is 0 Å². The number of esters is 1. The average molecular weight is 296 g/mol. The molecule has 0 aliphatic heterocycles. The highest BCUT2D eigenvalue weighted by atomic mass is 28.3. The van der Waals surface area contributed by atoms with E-state index in [0.717, 1.165) is 18.4 Å². The van der Waals surface area contributed by atoms with Crippen molar-refractivity contribution < 1.29 is 14.3 Å². The summed E-state index contributed by atoms with van der Waals surface area (Å²) in [5.41, 5.74) is 3.43. The molecule has 0 aromatic heterocycles. The number of ketones is 1. The van der Waals surface area contributed by atoms with Crippen LogP contribution in [0.1, 0.15) is 39.5 Å². The lowest BCUT2D eigenvalue weighted by Crippen LogP contribution is -2.33. The molecular weight excluding hydrogens is 268 g/mol. The summed E-state index contributed by atoms with van der Waals surface area (Å²) in [6, 6.07) is 0. The largest absolute Gasteiger partial charge is 0.465 e. The zero-order chi connectivity index (χ0) is 15.3. The van der Waals surface area contributed by atoms with Gasteiger partial charge in [0, 0.05) is 12.8 Å². The molecule has 2 atom stereocenters. The maximum atomic E-state index is 12.3. The topological polar surface area (TPSA) is 43.4 Å². The fraction of sp³-hybridized carbons (Fsp3) is 0.750. The molecule has 1 aliphatic rings. The molecule has 0 radical (unpaired) electrons. The van der Waals surface area contributed by atoms with Crippen LogP contribution in [0.15, 0.2) is 11.3 Å². The predicted octanol–water partition coefficient (Wildman–Crippen LogP) is 3.75. The van der Waals surface area contributed by atoms with Crippen LogP contribution in [0.25, 0.3) is 0 Å². The van der Waals surface area contributed by atoms with Crippen LogP contribution in [0.5, 0.6) is 0 Å². The lowest BCUT2D eigenvalue weighted by atomic mass is 9.78. The lowest BCUT2D eigenvalue weighted by molar-refractivity contribution is -0.149. The van der Waals surface area contributed by atoms with Gasteiger partial charge in [-0.1, -0.05) is 51.2 Å². The number of unbranched alkanes of at least 4 members (excludes halogenated alkanes) is 1. The van der Waals surface area contributed by atoms with Crippen LogP contribution in [0.4, 0.5) is 0 Å². The average Bonchev–Trinajstić information content (AvgIpc) is 2.31. The molecule has 1 saturated carbocycles. The van der Waals surface area contributed by atoms with Crippen molar-refractivity contribution in [2.75, 3.05) is 6.61 Å². The van der Waals surface area contributed by atoms with Crippen LogP contribution in [0, 0.1) is 11.8 Å². The van der Waals surface area contributed by atoms with Crippen molar-refractivity contribution in [3.8, 4) is 0 Å². The highest BCUT2D eigenvalue weighted by Gasteiger charge is 2.36. The molecular formula is C16H28O3Si. The smallest absolute Gasteiger partial charge is 0.313 e. The monoisotopic (exact) mass is 296 g/mol. The van der Waals surface area contributed by atoms with E-state index < -0.39 is 8.07 Å². The first-order valence-electron chi connectivity index (χ1n) is 7.65. The van der Waals surface area contributed by atoms with E-state index in [1.165, 1.54) is 0 Å². The third-order valence-electron chi connectivity index (χ3n) is 3.56. The maximum Gasteiger partial charge on any atom is 0.313 e. The van der Waals surface area contributed by atoms with E-state index in [1.54, 1.807) is 0 Å². The Morgan fingerprint density at radius 2 is 2.00 bits per heavy atom. The molecule has 0 aromatic carbocycles. The van der Waals surface area contributed by atoms with E-state index >= 15 is 0 Å². The Kier molecular flexibility index (Phi) is 6.18. The number of carbonyl (C=O) groups is 2. The molecule has 0 N–H and O–H groups in total. The molecule has 4 heteroatoms. The summed E-state index contributed by atoms with van der Waals surface area (Å²) in [7, 11) is -1.42. The predicted molar refractivity (Wildman–Crippen MR) is 84.2 cm³/mol. The van der Waals surface area contributed by atoms with E-state index in [2.05, 4.69) is 39.2 Å². The first-order valence-corrected chi connectivity index (χ1v) is 11.2. The Bertz CT molecular complexity index is 393. The molecule has 0 aromatic rings. The zero-order valence-corrected chi connectivity index (χ0v) is 14.5. The molecule has 1 rings (SSSR count). The summed E-state index contributed by atoms with van der Waals surface area (Å²) in [4.78, 5) is 24.1. The summed E-state index contributed by atoms with van der Waals surface area (Å²) < 4.78 is 5.35. The molecule has 3 nitrogen and oxygen atoms in total. The van der Waals surface area contributed by atoms with Crippen LogP contribution in [-0.2, 0) is 14.3 Å². The number of hydrogen-bond acceptors (Lipinski definition) is 3. The van der Waals surface area contributed by atoms with Crippen LogP contribution in [0.2, 0.25) is 19.6 Å². The molecule has 0 bridgehead atoms. The zero-order valence-electron chi connectivity index (χ0n) is 13.5. The summed E-state index contributed by atoms with van der Waals surface area (Å²) >= 11 is 0. The normalized spacial score (nSPS) is 25.9. The molecule has 20 heavy (non-hydrogen) atoms. The first-order chi connectivity index (χ1) is 9.24. The van der Waals surface area contributed by atoms with Crippen LogP contribution in [0.3, 0.4) is 0 Å². The van der Waals surface area contributed by atoms with Gasteiger partial charge in [0.1, 0.15) is 5.78 Å². The van der Waals surface area contributed by atoms with Crippen LogP contribution in [-0.4, -0.2) is 26.4 Å². The Balaban J connectivity index is 2.89. The first kappa shape index (κ1) is 17.1. The summed E-state index contributed by atoms with van der Waals surface area (Å²) in [5, 5.41) is 0. The fourth-order valence-corrected chi connectivity index (χ4v) is 4.10. The van der Waals surface area contributed by atoms with E-state index in [0.29, 0.717) is 19.4 Å². The summed E-state index contributed by atoms with van der Waals surface area (Å²) in [6.07, 6.45) is 2.78. The van der Waals surface area contributed by atoms with Gasteiger partial charge < -0.3 is 4.74 Å². The maximum absolute atomic E-state index is 12.3. The van der Waals surface area contributed by atoms with E-state index in [4.69, 9.17) is 4.74 Å². The number of ether oxygens (including phenoxy) is 1. The Hall–Kier alpha value is -0.903. The van der Waals surface area contributed by atoms with Gasteiger partial charge in [0.05, 0.1) is 20.6 Å². The molecule has 0 saturated heterocycles. The quantitative estimate of drug-likeness (QED) is 0.441. The third kappa shape index (κ3) is 5.23. The number of hydrogen-bond donors (Lipinski definition) is 0.